The van der Waals surface area contributed by atoms with Gasteiger partial charge < -0.3 is 19.3 Å². The molecule has 1 unspecified atom stereocenters. The van der Waals surface area contributed by atoms with Gasteiger partial charge in [-0.1, -0.05) is 23.8 Å². The number of anilines is 1. The van der Waals surface area contributed by atoms with Crippen molar-refractivity contribution in [2.24, 2.45) is 5.92 Å². The summed E-state index contributed by atoms with van der Waals surface area (Å²) < 4.78 is 11.1. The van der Waals surface area contributed by atoms with Crippen molar-refractivity contribution in [2.75, 3.05) is 31.7 Å². The highest BCUT2D eigenvalue weighted by Gasteiger charge is 2.36. The molecular formula is C22H24N2O4. The minimum atomic E-state index is -0.323. The fourth-order valence-corrected chi connectivity index (χ4v) is 3.70. The lowest BCUT2D eigenvalue weighted by Gasteiger charge is -2.23. The second-order valence-corrected chi connectivity index (χ2v) is 7.41. The van der Waals surface area contributed by atoms with Gasteiger partial charge in [0.1, 0.15) is 13.2 Å². The molecule has 2 aliphatic heterocycles. The van der Waals surface area contributed by atoms with Crippen LogP contribution in [0.3, 0.4) is 0 Å². The average Bonchev–Trinajstić information content (AvgIpc) is 3.09. The van der Waals surface area contributed by atoms with Crippen LogP contribution in [0.5, 0.6) is 11.5 Å². The Morgan fingerprint density at radius 2 is 1.82 bits per heavy atom. The molecule has 2 heterocycles. The Bertz CT molecular complexity index is 894. The Balaban J connectivity index is 1.41. The first-order valence-corrected chi connectivity index (χ1v) is 9.52. The molecule has 28 heavy (non-hydrogen) atoms. The molecule has 1 fully saturated rings. The van der Waals surface area contributed by atoms with Gasteiger partial charge in [-0.05, 0) is 36.8 Å². The van der Waals surface area contributed by atoms with E-state index < -0.39 is 0 Å². The van der Waals surface area contributed by atoms with E-state index in [1.54, 1.807) is 16.8 Å². The molecule has 0 aliphatic carbocycles. The zero-order valence-electron chi connectivity index (χ0n) is 16.2. The van der Waals surface area contributed by atoms with Crippen LogP contribution in [-0.2, 0) is 16.1 Å². The van der Waals surface area contributed by atoms with Crippen molar-refractivity contribution in [3.05, 3.63) is 53.6 Å². The molecule has 0 radical (unpaired) electrons. The lowest BCUT2D eigenvalue weighted by molar-refractivity contribution is -0.135. The summed E-state index contributed by atoms with van der Waals surface area (Å²) in [6.45, 7) is 3.98. The summed E-state index contributed by atoms with van der Waals surface area (Å²) in [7, 11) is 1.78. The van der Waals surface area contributed by atoms with Gasteiger partial charge >= 0.3 is 0 Å². The molecule has 146 valence electrons. The maximum atomic E-state index is 12.9. The quantitative estimate of drug-likeness (QED) is 0.818. The van der Waals surface area contributed by atoms with Crippen molar-refractivity contribution in [3.63, 3.8) is 0 Å². The van der Waals surface area contributed by atoms with E-state index in [1.165, 1.54) is 0 Å². The molecule has 0 N–H and O–H groups in total. The van der Waals surface area contributed by atoms with Crippen LogP contribution < -0.4 is 14.4 Å². The molecule has 1 saturated heterocycles. The number of ether oxygens (including phenoxy) is 2. The highest BCUT2D eigenvalue weighted by Crippen LogP contribution is 2.31. The maximum absolute atomic E-state index is 12.9. The lowest BCUT2D eigenvalue weighted by atomic mass is 10.1. The molecule has 0 saturated carbocycles. The molecule has 0 spiro atoms. The van der Waals surface area contributed by atoms with Gasteiger partial charge in [0.25, 0.3) is 0 Å². The SMILES string of the molecule is Cc1ccc(N2CC(C(=O)N(C)Cc3ccc4c(c3)OCCO4)CC2=O)cc1. The summed E-state index contributed by atoms with van der Waals surface area (Å²) in [6.07, 6.45) is 0.248. The Hall–Kier alpha value is -3.02. The van der Waals surface area contributed by atoms with Crippen molar-refractivity contribution < 1.29 is 19.1 Å². The Morgan fingerprint density at radius 3 is 2.57 bits per heavy atom. The number of carbonyl (C=O) groups excluding carboxylic acids is 2. The number of hydrogen-bond donors (Lipinski definition) is 0. The second-order valence-electron chi connectivity index (χ2n) is 7.41. The summed E-state index contributed by atoms with van der Waals surface area (Å²) in [6, 6.07) is 13.5. The van der Waals surface area contributed by atoms with Crippen LogP contribution in [0.2, 0.25) is 0 Å². The van der Waals surface area contributed by atoms with Gasteiger partial charge in [0.05, 0.1) is 5.92 Å². The van der Waals surface area contributed by atoms with Crippen molar-refractivity contribution in [1.29, 1.82) is 0 Å². The van der Waals surface area contributed by atoms with E-state index >= 15 is 0 Å². The second kappa shape index (κ2) is 7.54. The first-order chi connectivity index (χ1) is 13.5. The highest BCUT2D eigenvalue weighted by molar-refractivity contribution is 6.00. The van der Waals surface area contributed by atoms with Crippen molar-refractivity contribution in [2.45, 2.75) is 19.9 Å². The first-order valence-electron chi connectivity index (χ1n) is 9.52. The fraction of sp³-hybridized carbons (Fsp3) is 0.364. The summed E-state index contributed by atoms with van der Waals surface area (Å²) in [5, 5.41) is 0. The molecule has 6 nitrogen and oxygen atoms in total. The van der Waals surface area contributed by atoms with Crippen molar-refractivity contribution in [1.82, 2.24) is 4.90 Å². The van der Waals surface area contributed by atoms with Crippen LogP contribution in [-0.4, -0.2) is 43.5 Å². The fourth-order valence-electron chi connectivity index (χ4n) is 3.70. The van der Waals surface area contributed by atoms with E-state index in [2.05, 4.69) is 0 Å². The predicted molar refractivity (Wildman–Crippen MR) is 106 cm³/mol. The summed E-state index contributed by atoms with van der Waals surface area (Å²) in [5.41, 5.74) is 2.96. The minimum Gasteiger partial charge on any atom is -0.486 e. The normalized spacial score (nSPS) is 18.3. The number of carbonyl (C=O) groups is 2. The topological polar surface area (TPSA) is 59.1 Å². The van der Waals surface area contributed by atoms with E-state index in [-0.39, 0.29) is 24.2 Å². The Morgan fingerprint density at radius 1 is 1.11 bits per heavy atom. The standard InChI is InChI=1S/C22H24N2O4/c1-15-3-6-18(7-4-15)24-14-17(12-21(24)25)22(26)23(2)13-16-5-8-19-20(11-16)28-10-9-27-19/h3-8,11,17H,9-10,12-14H2,1-2H3. The highest BCUT2D eigenvalue weighted by atomic mass is 16.6. The van der Waals surface area contributed by atoms with Crippen LogP contribution in [0, 0.1) is 12.8 Å². The van der Waals surface area contributed by atoms with Crippen LogP contribution in [0.15, 0.2) is 42.5 Å². The van der Waals surface area contributed by atoms with Crippen LogP contribution in [0.4, 0.5) is 5.69 Å². The van der Waals surface area contributed by atoms with Crippen molar-refractivity contribution in [3.8, 4) is 11.5 Å². The molecular weight excluding hydrogens is 356 g/mol. The molecule has 0 aromatic heterocycles. The van der Waals surface area contributed by atoms with Gasteiger partial charge in [0, 0.05) is 32.2 Å². The van der Waals surface area contributed by atoms with Gasteiger partial charge in [-0.25, -0.2) is 0 Å². The first kappa shape index (κ1) is 18.3. The number of nitrogens with zero attached hydrogens (tertiary/aromatic N) is 2. The van der Waals surface area contributed by atoms with E-state index in [0.717, 1.165) is 22.6 Å². The Kier molecular flexibility index (Phi) is 4.94. The van der Waals surface area contributed by atoms with E-state index in [4.69, 9.17) is 9.47 Å². The third-order valence-corrected chi connectivity index (χ3v) is 5.22. The van der Waals surface area contributed by atoms with Gasteiger partial charge in [-0.3, -0.25) is 9.59 Å². The number of rotatable bonds is 4. The number of fused-ring (bicyclic) bond motifs is 1. The molecule has 2 amide bonds. The van der Waals surface area contributed by atoms with Crippen LogP contribution in [0.1, 0.15) is 17.5 Å². The monoisotopic (exact) mass is 380 g/mol. The lowest BCUT2D eigenvalue weighted by Crippen LogP contribution is -2.34. The van der Waals surface area contributed by atoms with E-state index in [9.17, 15) is 9.59 Å². The van der Waals surface area contributed by atoms with Gasteiger partial charge in [-0.15, -0.1) is 0 Å². The molecule has 4 rings (SSSR count). The zero-order valence-corrected chi connectivity index (χ0v) is 16.2. The largest absolute Gasteiger partial charge is 0.486 e. The zero-order chi connectivity index (χ0) is 19.7. The molecule has 0 bridgehead atoms. The van der Waals surface area contributed by atoms with Gasteiger partial charge in [0.15, 0.2) is 11.5 Å². The molecule has 2 aliphatic rings. The molecule has 2 aromatic carbocycles. The summed E-state index contributed by atoms with van der Waals surface area (Å²) in [4.78, 5) is 28.7. The van der Waals surface area contributed by atoms with Gasteiger partial charge in [0.2, 0.25) is 11.8 Å². The third kappa shape index (κ3) is 3.67. The summed E-state index contributed by atoms with van der Waals surface area (Å²) >= 11 is 0. The smallest absolute Gasteiger partial charge is 0.228 e. The molecule has 6 heteroatoms. The molecule has 2 aromatic rings. The number of benzene rings is 2. The predicted octanol–water partition coefficient (Wildman–Crippen LogP) is 2.78. The van der Waals surface area contributed by atoms with E-state index in [0.29, 0.717) is 32.1 Å². The van der Waals surface area contributed by atoms with Gasteiger partial charge in [-0.2, -0.15) is 0 Å². The minimum absolute atomic E-state index is 0.00469. The maximum Gasteiger partial charge on any atom is 0.228 e. The Labute approximate surface area is 164 Å². The number of hydrogen-bond acceptors (Lipinski definition) is 4. The third-order valence-electron chi connectivity index (χ3n) is 5.22. The van der Waals surface area contributed by atoms with Crippen LogP contribution >= 0.6 is 0 Å². The van der Waals surface area contributed by atoms with E-state index in [1.807, 2.05) is 49.4 Å². The number of amides is 2. The number of aryl methyl sites for hydroxylation is 1. The van der Waals surface area contributed by atoms with Crippen LogP contribution in [0.25, 0.3) is 0 Å². The average molecular weight is 380 g/mol. The van der Waals surface area contributed by atoms with Crippen molar-refractivity contribution >= 4 is 17.5 Å². The summed E-state index contributed by atoms with van der Waals surface area (Å²) in [5.74, 6) is 1.11. The molecule has 1 atom stereocenters.